The molecule has 2 aliphatic heterocycles. The third kappa shape index (κ3) is 3.56. The van der Waals surface area contributed by atoms with Crippen LogP contribution >= 0.6 is 0 Å². The zero-order chi connectivity index (χ0) is 21.4. The Morgan fingerprint density at radius 2 is 2.13 bits per heavy atom. The molecular weight excluding hydrogens is 398 g/mol. The minimum Gasteiger partial charge on any atom is -0.497 e. The van der Waals surface area contributed by atoms with Gasteiger partial charge in [-0.05, 0) is 6.07 Å². The maximum Gasteiger partial charge on any atom is 0.351 e. The number of aliphatic hydroxyl groups excluding tert-OH is 2. The third-order valence-electron chi connectivity index (χ3n) is 5.14. The van der Waals surface area contributed by atoms with Crippen molar-refractivity contribution in [2.75, 3.05) is 26.6 Å². The molecule has 11 nitrogen and oxygen atoms in total. The van der Waals surface area contributed by atoms with E-state index >= 15 is 0 Å². The van der Waals surface area contributed by atoms with E-state index in [1.165, 1.54) is 17.9 Å². The summed E-state index contributed by atoms with van der Waals surface area (Å²) in [6.07, 6.45) is -1.87. The predicted molar refractivity (Wildman–Crippen MR) is 102 cm³/mol. The van der Waals surface area contributed by atoms with Gasteiger partial charge in [-0.15, -0.1) is 0 Å². The molecule has 0 saturated carbocycles. The highest BCUT2D eigenvalue weighted by Gasteiger charge is 2.36. The van der Waals surface area contributed by atoms with Gasteiger partial charge < -0.3 is 39.6 Å². The second kappa shape index (κ2) is 8.11. The van der Waals surface area contributed by atoms with E-state index in [-0.39, 0.29) is 25.5 Å². The first-order chi connectivity index (χ1) is 14.4. The molecule has 2 aliphatic rings. The summed E-state index contributed by atoms with van der Waals surface area (Å²) >= 11 is 0. The number of ether oxygens (including phenoxy) is 5. The first-order valence-electron chi connectivity index (χ1n) is 9.31. The molecule has 4 rings (SSSR count). The van der Waals surface area contributed by atoms with E-state index < -0.39 is 30.4 Å². The highest BCUT2D eigenvalue weighted by atomic mass is 16.7. The number of nitrogen functional groups attached to an aromatic ring is 1. The van der Waals surface area contributed by atoms with Crippen molar-refractivity contribution >= 4 is 5.82 Å². The number of nitrogens with zero attached hydrogens (tertiary/aromatic N) is 2. The van der Waals surface area contributed by atoms with Crippen LogP contribution in [0, 0.1) is 0 Å². The minimum absolute atomic E-state index is 0.0468. The van der Waals surface area contributed by atoms with E-state index in [2.05, 4.69) is 4.98 Å². The van der Waals surface area contributed by atoms with Crippen molar-refractivity contribution in [1.29, 1.82) is 0 Å². The maximum atomic E-state index is 12.4. The van der Waals surface area contributed by atoms with E-state index in [4.69, 9.17) is 29.4 Å². The van der Waals surface area contributed by atoms with E-state index in [0.29, 0.717) is 22.8 Å². The fourth-order valence-corrected chi connectivity index (χ4v) is 3.54. The Morgan fingerprint density at radius 3 is 2.80 bits per heavy atom. The molecule has 2 aromatic rings. The Hall–Kier alpha value is -2.86. The fraction of sp³-hybridized carbons (Fsp3) is 0.474. The number of anilines is 1. The number of benzene rings is 1. The van der Waals surface area contributed by atoms with Crippen LogP contribution in [-0.2, 0) is 16.1 Å². The number of hydrogen-bond donors (Lipinski definition) is 3. The van der Waals surface area contributed by atoms with Crippen LogP contribution in [0.3, 0.4) is 0 Å². The molecule has 1 aromatic heterocycles. The number of nitrogens with two attached hydrogens (primary N) is 1. The monoisotopic (exact) mass is 421 g/mol. The molecule has 1 unspecified atom stereocenters. The SMILES string of the molecule is COc1cc2c(c(OC)c1)OC(c1cn([C@H]3C[C@H](O)[C@@H](CO)O3)c(=O)nc1N)OC2. The van der Waals surface area contributed by atoms with Gasteiger partial charge in [0, 0.05) is 24.2 Å². The van der Waals surface area contributed by atoms with Gasteiger partial charge in [0.2, 0.25) is 6.29 Å². The standard InChI is InChI=1S/C19H23N3O8/c1-26-10-3-9-8-28-18(30-16(9)13(4-10)27-2)11-6-22(19(25)21-17(11)20)15-5-12(24)14(7-23)29-15/h3-4,6,12,14-15,18,23-24H,5,7-8H2,1-2H3,(H2,20,21,25)/t12-,14+,15+,18?/m0/s1. The van der Waals surface area contributed by atoms with Crippen LogP contribution in [0.5, 0.6) is 17.2 Å². The van der Waals surface area contributed by atoms with E-state index in [0.717, 1.165) is 5.56 Å². The van der Waals surface area contributed by atoms with Gasteiger partial charge in [0.15, 0.2) is 11.5 Å². The first-order valence-corrected chi connectivity index (χ1v) is 9.31. The summed E-state index contributed by atoms with van der Waals surface area (Å²) < 4.78 is 29.2. The summed E-state index contributed by atoms with van der Waals surface area (Å²) in [5.41, 5.74) is 6.38. The number of methoxy groups -OCH3 is 2. The van der Waals surface area contributed by atoms with Crippen molar-refractivity contribution in [2.45, 2.75) is 37.8 Å². The van der Waals surface area contributed by atoms with Gasteiger partial charge in [-0.25, -0.2) is 4.79 Å². The van der Waals surface area contributed by atoms with Crippen LogP contribution in [0.15, 0.2) is 23.1 Å². The molecule has 0 bridgehead atoms. The summed E-state index contributed by atoms with van der Waals surface area (Å²) in [6.45, 7) is -0.173. The number of rotatable bonds is 5. The van der Waals surface area contributed by atoms with Crippen LogP contribution in [0.1, 0.15) is 30.1 Å². The lowest BCUT2D eigenvalue weighted by Gasteiger charge is -2.29. The number of fused-ring (bicyclic) bond motifs is 1. The molecule has 30 heavy (non-hydrogen) atoms. The summed E-state index contributed by atoms with van der Waals surface area (Å²) in [5, 5.41) is 19.3. The van der Waals surface area contributed by atoms with Crippen molar-refractivity contribution < 1.29 is 33.9 Å². The van der Waals surface area contributed by atoms with Crippen molar-refractivity contribution in [1.82, 2.24) is 9.55 Å². The van der Waals surface area contributed by atoms with Crippen molar-refractivity contribution in [3.63, 3.8) is 0 Å². The normalized spacial score (nSPS) is 25.5. The van der Waals surface area contributed by atoms with Gasteiger partial charge in [-0.2, -0.15) is 4.98 Å². The van der Waals surface area contributed by atoms with Crippen molar-refractivity contribution in [2.24, 2.45) is 0 Å². The molecule has 4 N–H and O–H groups in total. The van der Waals surface area contributed by atoms with E-state index in [1.807, 2.05) is 0 Å². The predicted octanol–water partition coefficient (Wildman–Crippen LogP) is 0.0912. The fourth-order valence-electron chi connectivity index (χ4n) is 3.54. The average molecular weight is 421 g/mol. The molecule has 1 saturated heterocycles. The summed E-state index contributed by atoms with van der Waals surface area (Å²) in [5.74, 6) is 1.49. The molecule has 11 heteroatoms. The summed E-state index contributed by atoms with van der Waals surface area (Å²) in [7, 11) is 3.06. The van der Waals surface area contributed by atoms with Crippen molar-refractivity contribution in [3.8, 4) is 17.2 Å². The van der Waals surface area contributed by atoms with Gasteiger partial charge in [0.1, 0.15) is 23.9 Å². The van der Waals surface area contributed by atoms with Gasteiger partial charge in [-0.1, -0.05) is 0 Å². The largest absolute Gasteiger partial charge is 0.497 e. The van der Waals surface area contributed by atoms with Crippen LogP contribution < -0.4 is 25.6 Å². The Kier molecular flexibility index (Phi) is 5.52. The second-order valence-corrected chi connectivity index (χ2v) is 6.96. The zero-order valence-electron chi connectivity index (χ0n) is 16.5. The van der Waals surface area contributed by atoms with Crippen LogP contribution in [0.25, 0.3) is 0 Å². The molecule has 0 amide bonds. The molecule has 162 valence electrons. The molecule has 0 spiro atoms. The molecule has 0 radical (unpaired) electrons. The molecule has 3 heterocycles. The van der Waals surface area contributed by atoms with Gasteiger partial charge in [-0.3, -0.25) is 4.57 Å². The van der Waals surface area contributed by atoms with E-state index in [1.54, 1.807) is 19.2 Å². The lowest BCUT2D eigenvalue weighted by molar-refractivity contribution is -0.113. The highest BCUT2D eigenvalue weighted by molar-refractivity contribution is 5.53. The number of aromatic nitrogens is 2. The molecule has 4 atom stereocenters. The Bertz CT molecular complexity index is 977. The average Bonchev–Trinajstić information content (AvgIpc) is 3.13. The Morgan fingerprint density at radius 1 is 1.33 bits per heavy atom. The van der Waals surface area contributed by atoms with Gasteiger partial charge in [0.25, 0.3) is 0 Å². The van der Waals surface area contributed by atoms with Crippen LogP contribution in [-0.4, -0.2) is 52.8 Å². The molecule has 0 aliphatic carbocycles. The van der Waals surface area contributed by atoms with E-state index in [9.17, 15) is 15.0 Å². The maximum absolute atomic E-state index is 12.4. The zero-order valence-corrected chi connectivity index (χ0v) is 16.5. The van der Waals surface area contributed by atoms with Gasteiger partial charge >= 0.3 is 5.69 Å². The number of aliphatic hydroxyl groups is 2. The smallest absolute Gasteiger partial charge is 0.351 e. The third-order valence-corrected chi connectivity index (χ3v) is 5.14. The number of hydrogen-bond acceptors (Lipinski definition) is 10. The van der Waals surface area contributed by atoms with Gasteiger partial charge in [0.05, 0.1) is 39.1 Å². The first kappa shape index (κ1) is 20.4. The Labute approximate surface area is 171 Å². The summed E-state index contributed by atoms with van der Waals surface area (Å²) in [6, 6.07) is 3.46. The second-order valence-electron chi connectivity index (χ2n) is 6.96. The summed E-state index contributed by atoms with van der Waals surface area (Å²) in [4.78, 5) is 16.2. The lowest BCUT2D eigenvalue weighted by atomic mass is 10.1. The van der Waals surface area contributed by atoms with Crippen LogP contribution in [0.2, 0.25) is 0 Å². The topological polar surface area (TPSA) is 148 Å². The highest BCUT2D eigenvalue weighted by Crippen LogP contribution is 2.43. The van der Waals surface area contributed by atoms with Crippen LogP contribution in [0.4, 0.5) is 5.82 Å². The molecule has 1 fully saturated rings. The lowest BCUT2D eigenvalue weighted by Crippen LogP contribution is -2.31. The molecule has 1 aromatic carbocycles. The minimum atomic E-state index is -0.945. The molecular formula is C19H23N3O8. The Balaban J connectivity index is 1.66. The quantitative estimate of drug-likeness (QED) is 0.607. The van der Waals surface area contributed by atoms with Crippen molar-refractivity contribution in [3.05, 3.63) is 39.9 Å².